The predicted molar refractivity (Wildman–Crippen MR) is 111 cm³/mol. The third kappa shape index (κ3) is 4.83. The summed E-state index contributed by atoms with van der Waals surface area (Å²) in [5.41, 5.74) is 0.180. The summed E-state index contributed by atoms with van der Waals surface area (Å²) >= 11 is 0. The van der Waals surface area contributed by atoms with Crippen LogP contribution in [0.15, 0.2) is 12.3 Å². The Hall–Kier alpha value is -2.84. The lowest BCUT2D eigenvalue weighted by atomic mass is 9.96. The van der Waals surface area contributed by atoms with E-state index in [0.717, 1.165) is 12.8 Å². The van der Waals surface area contributed by atoms with Crippen molar-refractivity contribution in [2.75, 3.05) is 32.1 Å². The Balaban J connectivity index is 1.66. The van der Waals surface area contributed by atoms with Crippen LogP contribution in [0.1, 0.15) is 44.0 Å². The van der Waals surface area contributed by atoms with Gasteiger partial charge in [-0.1, -0.05) is 0 Å². The lowest BCUT2D eigenvalue weighted by Crippen LogP contribution is -2.42. The normalized spacial score (nSPS) is 15.3. The van der Waals surface area contributed by atoms with Crippen LogP contribution in [0.25, 0.3) is 10.9 Å². The van der Waals surface area contributed by atoms with Crippen molar-refractivity contribution in [3.63, 3.8) is 0 Å². The molecule has 0 saturated carbocycles. The number of hydrogen-bond acceptors (Lipinski definition) is 6. The number of aromatic nitrogens is 2. The molecule has 3 rings (SSSR count). The first kappa shape index (κ1) is 21.9. The molecule has 1 saturated heterocycles. The minimum atomic E-state index is -0.753. The van der Waals surface area contributed by atoms with Gasteiger partial charge in [0, 0.05) is 44.0 Å². The van der Waals surface area contributed by atoms with Gasteiger partial charge in [0.05, 0.1) is 7.11 Å². The number of methoxy groups -OCH3 is 1. The Kier molecular flexibility index (Phi) is 6.19. The van der Waals surface area contributed by atoms with Gasteiger partial charge in [0.25, 0.3) is 0 Å². The highest BCUT2D eigenvalue weighted by atomic mass is 19.1. The van der Waals surface area contributed by atoms with Crippen LogP contribution in [0.2, 0.25) is 0 Å². The molecule has 0 bridgehead atoms. The summed E-state index contributed by atoms with van der Waals surface area (Å²) in [6.45, 7) is 7.43. The van der Waals surface area contributed by atoms with Gasteiger partial charge in [-0.15, -0.1) is 0 Å². The van der Waals surface area contributed by atoms with Crippen molar-refractivity contribution in [3.05, 3.63) is 23.6 Å². The van der Waals surface area contributed by atoms with Crippen molar-refractivity contribution in [1.29, 1.82) is 0 Å². The largest absolute Gasteiger partial charge is 0.465 e. The molecule has 0 spiro atoms. The number of rotatable bonds is 4. The first-order chi connectivity index (χ1) is 14.1. The highest BCUT2D eigenvalue weighted by Gasteiger charge is 2.27. The van der Waals surface area contributed by atoms with Crippen LogP contribution in [-0.4, -0.2) is 59.1 Å². The zero-order chi connectivity index (χ0) is 22.1. The number of aryl methyl sites for hydroxylation is 1. The summed E-state index contributed by atoms with van der Waals surface area (Å²) in [6, 6.07) is 1.31. The second-order valence-electron chi connectivity index (χ2n) is 8.63. The molecule has 9 heteroatoms. The molecule has 0 unspecified atom stereocenters. The average Bonchev–Trinajstić information content (AvgIpc) is 3.05. The van der Waals surface area contributed by atoms with Crippen molar-refractivity contribution in [2.24, 2.45) is 13.0 Å². The summed E-state index contributed by atoms with van der Waals surface area (Å²) in [5.74, 6) is -1.09. The van der Waals surface area contributed by atoms with E-state index in [1.54, 1.807) is 22.8 Å². The number of ether oxygens (including phenoxy) is 2. The fourth-order valence-electron chi connectivity index (χ4n) is 3.60. The Morgan fingerprint density at radius 3 is 2.57 bits per heavy atom. The van der Waals surface area contributed by atoms with E-state index in [1.807, 2.05) is 20.8 Å². The van der Waals surface area contributed by atoms with Crippen LogP contribution in [0, 0.1) is 11.7 Å². The van der Waals surface area contributed by atoms with E-state index < -0.39 is 17.4 Å². The van der Waals surface area contributed by atoms with Crippen LogP contribution in [0.5, 0.6) is 0 Å². The van der Waals surface area contributed by atoms with Gasteiger partial charge in [-0.05, 0) is 45.6 Å². The zero-order valence-electron chi connectivity index (χ0n) is 18.1. The first-order valence-corrected chi connectivity index (χ1v) is 10.0. The molecular weight excluding hydrogens is 391 g/mol. The van der Waals surface area contributed by atoms with Crippen molar-refractivity contribution in [1.82, 2.24) is 14.7 Å². The van der Waals surface area contributed by atoms with E-state index in [4.69, 9.17) is 9.47 Å². The zero-order valence-corrected chi connectivity index (χ0v) is 18.1. The number of likely N-dealkylation sites (tertiary alicyclic amines) is 1. The quantitative estimate of drug-likeness (QED) is 0.762. The summed E-state index contributed by atoms with van der Waals surface area (Å²) in [7, 11) is 2.93. The lowest BCUT2D eigenvalue weighted by Gasteiger charge is -2.33. The maximum atomic E-state index is 14.6. The van der Waals surface area contributed by atoms with Gasteiger partial charge >= 0.3 is 12.1 Å². The monoisotopic (exact) mass is 420 g/mol. The van der Waals surface area contributed by atoms with Crippen LogP contribution < -0.4 is 5.32 Å². The van der Waals surface area contributed by atoms with Crippen molar-refractivity contribution < 1.29 is 23.5 Å². The molecule has 1 aromatic carbocycles. The molecule has 164 valence electrons. The van der Waals surface area contributed by atoms with Gasteiger partial charge in [-0.2, -0.15) is 5.10 Å². The van der Waals surface area contributed by atoms with Crippen LogP contribution in [0.4, 0.5) is 14.9 Å². The smallest absolute Gasteiger partial charge is 0.410 e. The van der Waals surface area contributed by atoms with Crippen molar-refractivity contribution in [2.45, 2.75) is 39.2 Å². The number of esters is 1. The number of nitrogens with one attached hydrogen (secondary N) is 1. The summed E-state index contributed by atoms with van der Waals surface area (Å²) in [6.07, 6.45) is 3.11. The summed E-state index contributed by atoms with van der Waals surface area (Å²) in [5, 5.41) is 8.19. The van der Waals surface area contributed by atoms with E-state index in [-0.39, 0.29) is 17.2 Å². The Bertz CT molecular complexity index is 943. The molecule has 1 amide bonds. The van der Waals surface area contributed by atoms with Crippen molar-refractivity contribution >= 4 is 28.7 Å². The molecular formula is C21H29FN4O4. The van der Waals surface area contributed by atoms with Crippen LogP contribution >= 0.6 is 0 Å². The molecule has 0 aliphatic carbocycles. The SMILES string of the molecule is COC(=O)c1c(F)cc(NCC2CCN(C(=O)OC(C)(C)C)CC2)c2cn(C)nc12. The molecule has 0 atom stereocenters. The molecule has 1 aliphatic heterocycles. The average molecular weight is 420 g/mol. The second-order valence-corrected chi connectivity index (χ2v) is 8.63. The number of nitrogens with zero attached hydrogens (tertiary/aromatic N) is 3. The van der Waals surface area contributed by atoms with Gasteiger partial charge in [-0.25, -0.2) is 14.0 Å². The molecule has 1 aliphatic rings. The molecule has 30 heavy (non-hydrogen) atoms. The molecule has 2 aromatic rings. The van der Waals surface area contributed by atoms with Gasteiger partial charge in [0.2, 0.25) is 0 Å². The minimum Gasteiger partial charge on any atom is -0.465 e. The first-order valence-electron chi connectivity index (χ1n) is 10.0. The molecule has 1 aromatic heterocycles. The summed E-state index contributed by atoms with van der Waals surface area (Å²) in [4.78, 5) is 25.9. The number of carbonyl (C=O) groups excluding carboxylic acids is 2. The van der Waals surface area contributed by atoms with Gasteiger partial charge < -0.3 is 19.7 Å². The number of piperidine rings is 1. The van der Waals surface area contributed by atoms with E-state index in [1.165, 1.54) is 13.2 Å². The Morgan fingerprint density at radius 1 is 1.30 bits per heavy atom. The number of anilines is 1. The fraction of sp³-hybridized carbons (Fsp3) is 0.571. The van der Waals surface area contributed by atoms with Gasteiger partial charge in [0.1, 0.15) is 22.5 Å². The number of carbonyl (C=O) groups is 2. The number of fused-ring (bicyclic) bond motifs is 1. The highest BCUT2D eigenvalue weighted by molar-refractivity contribution is 6.06. The maximum absolute atomic E-state index is 14.6. The second kappa shape index (κ2) is 8.49. The topological polar surface area (TPSA) is 85.7 Å². The highest BCUT2D eigenvalue weighted by Crippen LogP contribution is 2.30. The van der Waals surface area contributed by atoms with Crippen LogP contribution in [0.3, 0.4) is 0 Å². The van der Waals surface area contributed by atoms with E-state index in [9.17, 15) is 14.0 Å². The van der Waals surface area contributed by atoms with Crippen molar-refractivity contribution in [3.8, 4) is 0 Å². The van der Waals surface area contributed by atoms with Crippen LogP contribution in [-0.2, 0) is 16.5 Å². The van der Waals surface area contributed by atoms with E-state index >= 15 is 0 Å². The number of hydrogen-bond donors (Lipinski definition) is 1. The predicted octanol–water partition coefficient (Wildman–Crippen LogP) is 3.56. The Labute approximate surface area is 175 Å². The van der Waals surface area contributed by atoms with Gasteiger partial charge in [0.15, 0.2) is 0 Å². The van der Waals surface area contributed by atoms with Gasteiger partial charge in [-0.3, -0.25) is 4.68 Å². The molecule has 0 radical (unpaired) electrons. The third-order valence-corrected chi connectivity index (χ3v) is 5.10. The lowest BCUT2D eigenvalue weighted by molar-refractivity contribution is 0.0188. The molecule has 2 heterocycles. The van der Waals surface area contributed by atoms with E-state index in [0.29, 0.717) is 36.6 Å². The van der Waals surface area contributed by atoms with E-state index in [2.05, 4.69) is 10.4 Å². The maximum Gasteiger partial charge on any atom is 0.410 e. The minimum absolute atomic E-state index is 0.163. The third-order valence-electron chi connectivity index (χ3n) is 5.10. The molecule has 1 fully saturated rings. The summed E-state index contributed by atoms with van der Waals surface area (Å²) < 4.78 is 26.3. The number of halogens is 1. The molecule has 1 N–H and O–H groups in total. The Morgan fingerprint density at radius 2 is 1.97 bits per heavy atom. The fourth-order valence-corrected chi connectivity index (χ4v) is 3.60. The standard InChI is InChI=1S/C21H29FN4O4/c1-21(2,3)30-20(28)26-8-6-13(7-9-26)11-23-16-10-15(22)17(19(27)29-5)18-14(16)12-25(4)24-18/h10,12-13,23H,6-9,11H2,1-5H3. The number of benzene rings is 1. The number of amides is 1. The molecule has 8 nitrogen and oxygen atoms in total.